The Morgan fingerprint density at radius 2 is 2.00 bits per heavy atom. The van der Waals surface area contributed by atoms with Gasteiger partial charge in [0.2, 0.25) is 5.91 Å². The first-order valence-electron chi connectivity index (χ1n) is 7.97. The molecule has 0 spiro atoms. The summed E-state index contributed by atoms with van der Waals surface area (Å²) in [4.78, 5) is 28.0. The Morgan fingerprint density at radius 1 is 1.30 bits per heavy atom. The van der Waals surface area contributed by atoms with Crippen molar-refractivity contribution in [2.75, 3.05) is 39.0 Å². The topological polar surface area (TPSA) is 52.7 Å². The minimum absolute atomic E-state index is 0.0677. The molecule has 1 heterocycles. The number of amides is 2. The number of hydrogen-bond acceptors (Lipinski definition) is 3. The lowest BCUT2D eigenvalue weighted by atomic mass is 10.1. The quantitative estimate of drug-likeness (QED) is 0.848. The van der Waals surface area contributed by atoms with E-state index in [0.717, 1.165) is 26.1 Å². The van der Waals surface area contributed by atoms with Crippen LogP contribution in [0.5, 0.6) is 0 Å². The number of carbonyl (C=O) groups is 2. The number of anilines is 1. The van der Waals surface area contributed by atoms with Crippen LogP contribution in [0.1, 0.15) is 23.7 Å². The first-order valence-corrected chi connectivity index (χ1v) is 7.97. The fourth-order valence-corrected chi connectivity index (χ4v) is 2.55. The molecule has 0 bridgehead atoms. The molecule has 1 aliphatic rings. The van der Waals surface area contributed by atoms with Gasteiger partial charge in [0.1, 0.15) is 0 Å². The summed E-state index contributed by atoms with van der Waals surface area (Å²) in [6.45, 7) is 4.54. The summed E-state index contributed by atoms with van der Waals surface area (Å²) in [5.41, 5.74) is 1.36. The first kappa shape index (κ1) is 17.2. The smallest absolute Gasteiger partial charge is 0.253 e. The molecule has 1 unspecified atom stereocenters. The van der Waals surface area contributed by atoms with Crippen LogP contribution < -0.4 is 5.32 Å². The van der Waals surface area contributed by atoms with Gasteiger partial charge in [-0.3, -0.25) is 9.59 Å². The first-order chi connectivity index (χ1) is 11.0. The maximum Gasteiger partial charge on any atom is 0.253 e. The lowest BCUT2D eigenvalue weighted by Gasteiger charge is -2.16. The Balaban J connectivity index is 1.90. The SMILES string of the molecule is CC1CCN(C(=O)c2ccc(NC(=O)/C=C/CN(C)C)cc2)C1. The highest BCUT2D eigenvalue weighted by molar-refractivity contribution is 6.00. The maximum absolute atomic E-state index is 12.4. The third-order valence-electron chi connectivity index (χ3n) is 3.85. The number of rotatable bonds is 5. The predicted molar refractivity (Wildman–Crippen MR) is 92.5 cm³/mol. The zero-order valence-corrected chi connectivity index (χ0v) is 14.1. The second-order valence-electron chi connectivity index (χ2n) is 6.38. The van der Waals surface area contributed by atoms with Gasteiger partial charge in [-0.05, 0) is 50.7 Å². The van der Waals surface area contributed by atoms with E-state index >= 15 is 0 Å². The fourth-order valence-electron chi connectivity index (χ4n) is 2.55. The van der Waals surface area contributed by atoms with Gasteiger partial charge in [-0.2, -0.15) is 0 Å². The lowest BCUT2D eigenvalue weighted by Crippen LogP contribution is -2.28. The van der Waals surface area contributed by atoms with E-state index in [4.69, 9.17) is 0 Å². The van der Waals surface area contributed by atoms with Crippen LogP contribution in [0.4, 0.5) is 5.69 Å². The Bertz CT molecular complexity index is 578. The van der Waals surface area contributed by atoms with Gasteiger partial charge in [0.25, 0.3) is 5.91 Å². The molecule has 1 saturated heterocycles. The number of likely N-dealkylation sites (N-methyl/N-ethyl adjacent to an activating group) is 1. The predicted octanol–water partition coefficient (Wildman–Crippen LogP) is 2.22. The van der Waals surface area contributed by atoms with E-state index in [2.05, 4.69) is 12.2 Å². The molecule has 1 N–H and O–H groups in total. The van der Waals surface area contributed by atoms with Crippen molar-refractivity contribution < 1.29 is 9.59 Å². The number of nitrogens with zero attached hydrogens (tertiary/aromatic N) is 2. The molecule has 5 nitrogen and oxygen atoms in total. The summed E-state index contributed by atoms with van der Waals surface area (Å²) in [6, 6.07) is 7.07. The minimum Gasteiger partial charge on any atom is -0.338 e. The van der Waals surface area contributed by atoms with Crippen molar-refractivity contribution in [3.8, 4) is 0 Å². The standard InChI is InChI=1S/C18H25N3O2/c1-14-10-12-21(13-14)18(23)15-6-8-16(9-7-15)19-17(22)5-4-11-20(2)3/h4-9,14H,10-13H2,1-3H3,(H,19,22)/b5-4+. The van der Waals surface area contributed by atoms with Gasteiger partial charge in [0, 0.05) is 37.0 Å². The third-order valence-corrected chi connectivity index (χ3v) is 3.85. The van der Waals surface area contributed by atoms with Crippen LogP contribution in [0.25, 0.3) is 0 Å². The monoisotopic (exact) mass is 315 g/mol. The van der Waals surface area contributed by atoms with Gasteiger partial charge in [-0.15, -0.1) is 0 Å². The molecule has 1 aliphatic heterocycles. The van der Waals surface area contributed by atoms with Crippen molar-refractivity contribution in [3.63, 3.8) is 0 Å². The molecule has 124 valence electrons. The Hall–Kier alpha value is -2.14. The van der Waals surface area contributed by atoms with Crippen LogP contribution in [0.2, 0.25) is 0 Å². The van der Waals surface area contributed by atoms with Crippen LogP contribution in [-0.2, 0) is 4.79 Å². The van der Waals surface area contributed by atoms with Gasteiger partial charge in [-0.25, -0.2) is 0 Å². The van der Waals surface area contributed by atoms with E-state index in [-0.39, 0.29) is 11.8 Å². The summed E-state index contributed by atoms with van der Waals surface area (Å²) in [6.07, 6.45) is 4.39. The number of carbonyl (C=O) groups excluding carboxylic acids is 2. The molecule has 1 aromatic carbocycles. The molecule has 0 aliphatic carbocycles. The second-order valence-corrected chi connectivity index (χ2v) is 6.38. The normalized spacial score (nSPS) is 17.9. The van der Waals surface area contributed by atoms with Crippen molar-refractivity contribution in [2.45, 2.75) is 13.3 Å². The van der Waals surface area contributed by atoms with E-state index in [9.17, 15) is 9.59 Å². The Labute approximate surface area is 138 Å². The average Bonchev–Trinajstić information content (AvgIpc) is 2.93. The highest BCUT2D eigenvalue weighted by atomic mass is 16.2. The molecule has 1 atom stereocenters. The molecule has 23 heavy (non-hydrogen) atoms. The molecule has 1 aromatic rings. The molecular formula is C18H25N3O2. The van der Waals surface area contributed by atoms with Crippen molar-refractivity contribution in [3.05, 3.63) is 42.0 Å². The van der Waals surface area contributed by atoms with Gasteiger partial charge in [-0.1, -0.05) is 13.0 Å². The van der Waals surface area contributed by atoms with Gasteiger partial charge < -0.3 is 15.1 Å². The number of nitrogens with one attached hydrogen (secondary N) is 1. The van der Waals surface area contributed by atoms with E-state index in [1.54, 1.807) is 24.3 Å². The molecular weight excluding hydrogens is 290 g/mol. The minimum atomic E-state index is -0.167. The van der Waals surface area contributed by atoms with Crippen molar-refractivity contribution in [1.82, 2.24) is 9.80 Å². The van der Waals surface area contributed by atoms with E-state index in [0.29, 0.717) is 17.2 Å². The zero-order chi connectivity index (χ0) is 16.8. The van der Waals surface area contributed by atoms with E-state index in [1.807, 2.05) is 30.0 Å². The van der Waals surface area contributed by atoms with Gasteiger partial charge in [0.05, 0.1) is 0 Å². The summed E-state index contributed by atoms with van der Waals surface area (Å²) < 4.78 is 0. The fraction of sp³-hybridized carbons (Fsp3) is 0.444. The summed E-state index contributed by atoms with van der Waals surface area (Å²) in [5, 5.41) is 2.79. The van der Waals surface area contributed by atoms with Crippen LogP contribution in [0, 0.1) is 5.92 Å². The van der Waals surface area contributed by atoms with Crippen LogP contribution in [-0.4, -0.2) is 55.3 Å². The molecule has 0 radical (unpaired) electrons. The highest BCUT2D eigenvalue weighted by Gasteiger charge is 2.23. The zero-order valence-electron chi connectivity index (χ0n) is 14.1. The largest absolute Gasteiger partial charge is 0.338 e. The van der Waals surface area contributed by atoms with Gasteiger partial charge >= 0.3 is 0 Å². The van der Waals surface area contributed by atoms with Crippen LogP contribution in [0.3, 0.4) is 0 Å². The molecule has 1 fully saturated rings. The highest BCUT2D eigenvalue weighted by Crippen LogP contribution is 2.19. The molecule has 0 aromatic heterocycles. The van der Waals surface area contributed by atoms with Gasteiger partial charge in [0.15, 0.2) is 0 Å². The number of likely N-dealkylation sites (tertiary alicyclic amines) is 1. The van der Waals surface area contributed by atoms with Crippen LogP contribution >= 0.6 is 0 Å². The van der Waals surface area contributed by atoms with Crippen molar-refractivity contribution in [2.24, 2.45) is 5.92 Å². The third kappa shape index (κ3) is 5.21. The number of hydrogen-bond donors (Lipinski definition) is 1. The average molecular weight is 315 g/mol. The summed E-state index contributed by atoms with van der Waals surface area (Å²) in [5.74, 6) is 0.476. The molecule has 2 amide bonds. The molecule has 5 heteroatoms. The molecule has 2 rings (SSSR count). The summed E-state index contributed by atoms with van der Waals surface area (Å²) in [7, 11) is 3.89. The van der Waals surface area contributed by atoms with E-state index in [1.165, 1.54) is 6.08 Å². The van der Waals surface area contributed by atoms with E-state index < -0.39 is 0 Å². The summed E-state index contributed by atoms with van der Waals surface area (Å²) >= 11 is 0. The lowest BCUT2D eigenvalue weighted by molar-refractivity contribution is -0.111. The Morgan fingerprint density at radius 3 is 2.57 bits per heavy atom. The number of benzene rings is 1. The molecule has 0 saturated carbocycles. The maximum atomic E-state index is 12.4. The Kier molecular flexibility index (Phi) is 5.93. The van der Waals surface area contributed by atoms with Crippen LogP contribution in [0.15, 0.2) is 36.4 Å². The second kappa shape index (κ2) is 7.92. The van der Waals surface area contributed by atoms with Crippen molar-refractivity contribution >= 4 is 17.5 Å². The van der Waals surface area contributed by atoms with Crippen molar-refractivity contribution in [1.29, 1.82) is 0 Å².